The summed E-state index contributed by atoms with van der Waals surface area (Å²) in [7, 11) is 0. The number of rotatable bonds is 5. The maximum Gasteiger partial charge on any atom is 0.429 e. The number of aromatic nitrogens is 2. The molecule has 1 atom stereocenters. The van der Waals surface area contributed by atoms with Crippen LogP contribution in [-0.2, 0) is 0 Å². The third-order valence-electron chi connectivity index (χ3n) is 4.58. The molecule has 0 aliphatic rings. The van der Waals surface area contributed by atoms with Crippen LogP contribution in [-0.4, -0.2) is 16.1 Å². The van der Waals surface area contributed by atoms with Crippen LogP contribution in [0.4, 0.5) is 23.5 Å². The lowest BCUT2D eigenvalue weighted by Crippen LogP contribution is -2.26. The second kappa shape index (κ2) is 8.55. The molecule has 3 aromatic carbocycles. The van der Waals surface area contributed by atoms with Crippen molar-refractivity contribution in [2.24, 2.45) is 0 Å². The van der Waals surface area contributed by atoms with Gasteiger partial charge in [0.2, 0.25) is 17.9 Å². The van der Waals surface area contributed by atoms with Gasteiger partial charge in [0.15, 0.2) is 0 Å². The van der Waals surface area contributed by atoms with Crippen LogP contribution in [0.1, 0.15) is 11.7 Å². The number of hydrogen-bond donors (Lipinski definition) is 1. The Morgan fingerprint density at radius 3 is 2.31 bits per heavy atom. The van der Waals surface area contributed by atoms with Gasteiger partial charge in [0.1, 0.15) is 5.82 Å². The first-order valence-electron chi connectivity index (χ1n) is 9.41. The van der Waals surface area contributed by atoms with Gasteiger partial charge in [-0.2, -0.15) is 18.2 Å². The monoisotopic (exact) mass is 437 g/mol. The van der Waals surface area contributed by atoms with Gasteiger partial charge in [0.05, 0.1) is 5.69 Å². The number of alkyl halides is 3. The molecule has 1 heterocycles. The first-order chi connectivity index (χ1) is 15.3. The number of halogens is 4. The van der Waals surface area contributed by atoms with E-state index in [2.05, 4.69) is 22.1 Å². The molecule has 0 aliphatic heterocycles. The topological polar surface area (TPSA) is 61.0 Å². The van der Waals surface area contributed by atoms with Gasteiger partial charge in [0, 0.05) is 17.2 Å². The number of ether oxygens (including phenoxy) is 1. The average Bonchev–Trinajstić information content (AvgIpc) is 2.77. The second-order valence-electron chi connectivity index (χ2n) is 6.84. The molecular formula is C24H15F4N3O. The predicted molar refractivity (Wildman–Crippen MR) is 111 cm³/mol. The van der Waals surface area contributed by atoms with Gasteiger partial charge in [-0.1, -0.05) is 48.5 Å². The van der Waals surface area contributed by atoms with E-state index in [4.69, 9.17) is 10.5 Å². The lowest BCUT2D eigenvalue weighted by Gasteiger charge is -2.22. The first-order valence-corrected chi connectivity index (χ1v) is 9.41. The number of hydrogen-bond acceptors (Lipinski definition) is 4. The van der Waals surface area contributed by atoms with Crippen LogP contribution < -0.4 is 10.5 Å². The first kappa shape index (κ1) is 21.1. The summed E-state index contributed by atoms with van der Waals surface area (Å²) in [6.45, 7) is 0. The fraction of sp³-hybridized carbons (Fsp3) is 0.0833. The maximum atomic E-state index is 13.8. The van der Waals surface area contributed by atoms with Crippen LogP contribution in [0.15, 0.2) is 72.8 Å². The van der Waals surface area contributed by atoms with Gasteiger partial charge < -0.3 is 10.5 Å². The third kappa shape index (κ3) is 4.78. The van der Waals surface area contributed by atoms with Crippen molar-refractivity contribution in [1.29, 1.82) is 0 Å². The summed E-state index contributed by atoms with van der Waals surface area (Å²) < 4.78 is 60.2. The minimum absolute atomic E-state index is 0.140. The summed E-state index contributed by atoms with van der Waals surface area (Å²) >= 11 is 0. The maximum absolute atomic E-state index is 13.8. The van der Waals surface area contributed by atoms with Gasteiger partial charge in [-0.3, -0.25) is 0 Å². The summed E-state index contributed by atoms with van der Waals surface area (Å²) in [6, 6.07) is 22.9. The minimum atomic E-state index is -4.73. The lowest BCUT2D eigenvalue weighted by atomic mass is 10.0. The van der Waals surface area contributed by atoms with Crippen LogP contribution in [0.3, 0.4) is 0 Å². The Labute approximate surface area is 181 Å². The molecule has 0 radical (unpaired) electrons. The molecule has 0 aliphatic carbocycles. The zero-order chi connectivity index (χ0) is 22.7. The largest absolute Gasteiger partial charge is 0.460 e. The Morgan fingerprint density at radius 1 is 0.875 bits per heavy atom. The normalized spacial score (nSPS) is 12.1. The predicted octanol–water partition coefficient (Wildman–Crippen LogP) is 5.81. The summed E-state index contributed by atoms with van der Waals surface area (Å²) in [6.07, 6.45) is -7.02. The zero-order valence-corrected chi connectivity index (χ0v) is 16.4. The molecule has 4 aromatic rings. The van der Waals surface area contributed by atoms with E-state index in [1.807, 2.05) is 0 Å². The van der Waals surface area contributed by atoms with Crippen molar-refractivity contribution >= 4 is 5.95 Å². The van der Waals surface area contributed by atoms with E-state index in [-0.39, 0.29) is 17.4 Å². The van der Waals surface area contributed by atoms with Gasteiger partial charge in [0.25, 0.3) is 0 Å². The van der Waals surface area contributed by atoms with E-state index >= 15 is 0 Å². The van der Waals surface area contributed by atoms with E-state index in [0.717, 1.165) is 0 Å². The molecule has 4 nitrogen and oxygen atoms in total. The molecule has 1 unspecified atom stereocenters. The van der Waals surface area contributed by atoms with E-state index < -0.39 is 18.1 Å². The number of nitrogen functional groups attached to an aromatic ring is 1. The molecule has 32 heavy (non-hydrogen) atoms. The molecule has 0 saturated carbocycles. The van der Waals surface area contributed by atoms with Crippen LogP contribution in [0.25, 0.3) is 22.4 Å². The molecular weight excluding hydrogens is 422 g/mol. The van der Waals surface area contributed by atoms with Crippen molar-refractivity contribution in [3.8, 4) is 28.3 Å². The van der Waals surface area contributed by atoms with E-state index in [1.165, 1.54) is 48.5 Å². The fourth-order valence-electron chi connectivity index (χ4n) is 3.12. The molecule has 4 rings (SSSR count). The molecule has 0 spiro atoms. The summed E-state index contributed by atoms with van der Waals surface area (Å²) in [5.41, 5.74) is 7.53. The van der Waals surface area contributed by atoms with Crippen LogP contribution in [0, 0.1) is 17.9 Å². The summed E-state index contributed by atoms with van der Waals surface area (Å²) in [5.74, 6) is -0.987. The molecule has 1 aromatic heterocycles. The van der Waals surface area contributed by atoms with Crippen molar-refractivity contribution in [2.45, 2.75) is 12.3 Å². The highest BCUT2D eigenvalue weighted by Crippen LogP contribution is 2.37. The molecule has 0 amide bonds. The fourth-order valence-corrected chi connectivity index (χ4v) is 3.12. The molecule has 0 bridgehead atoms. The average molecular weight is 437 g/mol. The van der Waals surface area contributed by atoms with E-state index in [1.54, 1.807) is 24.3 Å². The van der Waals surface area contributed by atoms with Gasteiger partial charge >= 0.3 is 6.18 Å². The summed E-state index contributed by atoms with van der Waals surface area (Å²) in [5, 5.41) is 0. The van der Waals surface area contributed by atoms with Crippen molar-refractivity contribution in [1.82, 2.24) is 9.97 Å². The van der Waals surface area contributed by atoms with E-state index in [0.29, 0.717) is 22.4 Å². The standard InChI is InChI=1S/C24H15F4N3O/c25-19-8-4-7-18(13-19)15-9-11-17(12-10-15)22(24(26,27)28)32-21-14-20(30-23(29)31-21)16-5-2-1-3-6-16/h2,4-14,22H,(H2,29,30,31). The quantitative estimate of drug-likeness (QED) is 0.400. The molecule has 2 N–H and O–H groups in total. The van der Waals surface area contributed by atoms with Crippen molar-refractivity contribution in [3.63, 3.8) is 0 Å². The van der Waals surface area contributed by atoms with Gasteiger partial charge in [-0.25, -0.2) is 9.37 Å². The minimum Gasteiger partial charge on any atom is -0.460 e. The molecule has 0 fully saturated rings. The number of anilines is 1. The lowest BCUT2D eigenvalue weighted by molar-refractivity contribution is -0.198. The smallest absolute Gasteiger partial charge is 0.429 e. The highest BCUT2D eigenvalue weighted by atomic mass is 19.4. The highest BCUT2D eigenvalue weighted by Gasteiger charge is 2.43. The third-order valence-corrected chi connectivity index (χ3v) is 4.58. The highest BCUT2D eigenvalue weighted by molar-refractivity contribution is 5.64. The van der Waals surface area contributed by atoms with E-state index in [9.17, 15) is 17.6 Å². The second-order valence-corrected chi connectivity index (χ2v) is 6.84. The Bertz CT molecular complexity index is 1210. The number of nitrogens with zero attached hydrogens (tertiary/aromatic N) is 2. The number of benzene rings is 2. The molecule has 8 heteroatoms. The van der Waals surface area contributed by atoms with Crippen LogP contribution in [0.5, 0.6) is 5.88 Å². The van der Waals surface area contributed by atoms with Crippen LogP contribution >= 0.6 is 0 Å². The van der Waals surface area contributed by atoms with Crippen molar-refractivity contribution in [3.05, 3.63) is 96.3 Å². The van der Waals surface area contributed by atoms with Crippen molar-refractivity contribution < 1.29 is 22.3 Å². The van der Waals surface area contributed by atoms with Crippen LogP contribution in [0.2, 0.25) is 0 Å². The summed E-state index contributed by atoms with van der Waals surface area (Å²) in [4.78, 5) is 7.84. The van der Waals surface area contributed by atoms with Gasteiger partial charge in [-0.05, 0) is 41.5 Å². The Kier molecular flexibility index (Phi) is 5.65. The number of nitrogens with two attached hydrogens (primary N) is 1. The van der Waals surface area contributed by atoms with Gasteiger partial charge in [-0.15, -0.1) is 0 Å². The Morgan fingerprint density at radius 2 is 1.66 bits per heavy atom. The SMILES string of the molecule is Nc1nc(OC(c2ccc(-c3cccc(F)c3)cc2)C(F)(F)F)cc(-c2cc#ccc2)n1. The van der Waals surface area contributed by atoms with Crippen molar-refractivity contribution in [2.75, 3.05) is 5.73 Å². The zero-order valence-electron chi connectivity index (χ0n) is 16.4. The molecule has 0 saturated heterocycles. The Balaban J connectivity index is 1.65. The molecule has 160 valence electrons. The Hall–Kier alpha value is -4.12.